The monoisotopic (exact) mass is 405 g/mol. The predicted octanol–water partition coefficient (Wildman–Crippen LogP) is 4.86. The van der Waals surface area contributed by atoms with Crippen LogP contribution in [0.5, 0.6) is 5.88 Å². The van der Waals surface area contributed by atoms with Gasteiger partial charge in [-0.2, -0.15) is 18.3 Å². The van der Waals surface area contributed by atoms with Gasteiger partial charge in [0.05, 0.1) is 17.3 Å². The van der Waals surface area contributed by atoms with Crippen molar-refractivity contribution < 1.29 is 22.2 Å². The molecule has 0 spiro atoms. The molecular formula is C20H22F3N5O. The van der Waals surface area contributed by atoms with Gasteiger partial charge in [-0.3, -0.25) is 5.10 Å². The number of hydrogen-bond acceptors (Lipinski definition) is 5. The van der Waals surface area contributed by atoms with Gasteiger partial charge in [0.2, 0.25) is 5.88 Å². The number of rotatable bonds is 5. The third-order valence-corrected chi connectivity index (χ3v) is 4.38. The first kappa shape index (κ1) is 18.9. The molecule has 29 heavy (non-hydrogen) atoms. The van der Waals surface area contributed by atoms with Gasteiger partial charge in [0.1, 0.15) is 12.3 Å². The van der Waals surface area contributed by atoms with E-state index in [-0.39, 0.29) is 28.2 Å². The van der Waals surface area contributed by atoms with Crippen molar-refractivity contribution in [2.24, 2.45) is 5.73 Å². The first-order valence-corrected chi connectivity index (χ1v) is 8.74. The van der Waals surface area contributed by atoms with Crippen molar-refractivity contribution in [1.29, 1.82) is 0 Å². The highest BCUT2D eigenvalue weighted by molar-refractivity contribution is 5.90. The highest BCUT2D eigenvalue weighted by Crippen LogP contribution is 2.38. The first-order valence-electron chi connectivity index (χ1n) is 8.74. The molecule has 4 aromatic rings. The predicted molar refractivity (Wildman–Crippen MR) is 107 cm³/mol. The van der Waals surface area contributed by atoms with Crippen LogP contribution in [0.4, 0.5) is 13.2 Å². The Bertz CT molecular complexity index is 1140. The Kier molecular flexibility index (Phi) is 4.89. The van der Waals surface area contributed by atoms with Crippen LogP contribution in [-0.4, -0.2) is 26.8 Å². The summed E-state index contributed by atoms with van der Waals surface area (Å²) < 4.78 is 46.3. The van der Waals surface area contributed by atoms with Gasteiger partial charge < -0.3 is 10.5 Å². The largest absolute Gasteiger partial charge is 0.476 e. The summed E-state index contributed by atoms with van der Waals surface area (Å²) >= 11 is 0. The van der Waals surface area contributed by atoms with Gasteiger partial charge in [0, 0.05) is 21.9 Å². The highest BCUT2D eigenvalue weighted by Gasteiger charge is 2.36. The zero-order chi connectivity index (χ0) is 20.4. The van der Waals surface area contributed by atoms with E-state index in [1.54, 1.807) is 12.1 Å². The lowest BCUT2D eigenvalue weighted by molar-refractivity contribution is -0.137. The average molecular weight is 405 g/mol. The van der Waals surface area contributed by atoms with E-state index in [1.807, 2.05) is 30.3 Å². The van der Waals surface area contributed by atoms with Crippen LogP contribution in [0.25, 0.3) is 22.4 Å². The number of alkyl halides is 3. The summed E-state index contributed by atoms with van der Waals surface area (Å²) in [6.07, 6.45) is -3.09. The maximum atomic E-state index is 13.6. The van der Waals surface area contributed by atoms with E-state index in [1.165, 1.54) is 12.3 Å². The molecule has 1 aromatic carbocycles. The van der Waals surface area contributed by atoms with E-state index < -0.39 is 17.8 Å². The second kappa shape index (κ2) is 7.51. The zero-order valence-corrected chi connectivity index (χ0v) is 15.0. The quantitative estimate of drug-likeness (QED) is 0.495. The number of pyridine rings is 2. The van der Waals surface area contributed by atoms with Gasteiger partial charge in [-0.1, -0.05) is 30.3 Å². The molecule has 0 saturated carbocycles. The highest BCUT2D eigenvalue weighted by atomic mass is 19.4. The van der Waals surface area contributed by atoms with Crippen LogP contribution in [0.3, 0.4) is 0 Å². The molecule has 1 unspecified atom stereocenters. The summed E-state index contributed by atoms with van der Waals surface area (Å²) in [6, 6.07) is 14.2. The summed E-state index contributed by atoms with van der Waals surface area (Å²) in [5, 5.41) is 7.00. The molecule has 1 atom stereocenters. The number of aromatic amines is 1. The Morgan fingerprint density at radius 1 is 1.07 bits per heavy atom. The molecule has 6 nitrogen and oxygen atoms in total. The van der Waals surface area contributed by atoms with Crippen LogP contribution in [0, 0.1) is 0 Å². The molecule has 0 saturated heterocycles. The first-order chi connectivity index (χ1) is 13.9. The van der Waals surface area contributed by atoms with E-state index in [4.69, 9.17) is 10.5 Å². The van der Waals surface area contributed by atoms with Crippen molar-refractivity contribution in [3.05, 3.63) is 71.9 Å². The molecule has 3 aromatic heterocycles. The minimum atomic E-state index is -4.60. The fourth-order valence-electron chi connectivity index (χ4n) is 2.94. The molecule has 154 valence electrons. The number of H-pyrrole nitrogens is 1. The van der Waals surface area contributed by atoms with E-state index in [0.717, 1.165) is 11.6 Å². The van der Waals surface area contributed by atoms with Crippen molar-refractivity contribution in [2.45, 2.75) is 12.2 Å². The number of ether oxygens (including phenoxy) is 1. The Hall–Kier alpha value is -3.46. The van der Waals surface area contributed by atoms with Crippen LogP contribution < -0.4 is 10.5 Å². The molecule has 0 fully saturated rings. The number of fused-ring (bicyclic) bond motifs is 1. The summed E-state index contributed by atoms with van der Waals surface area (Å²) in [7, 11) is 0. The lowest BCUT2D eigenvalue weighted by Crippen LogP contribution is -2.19. The van der Waals surface area contributed by atoms with Crippen molar-refractivity contribution in [3.8, 4) is 17.3 Å². The van der Waals surface area contributed by atoms with Crippen molar-refractivity contribution in [2.75, 3.05) is 6.61 Å². The van der Waals surface area contributed by atoms with Gasteiger partial charge in [-0.25, -0.2) is 9.97 Å². The molecule has 0 aliphatic carbocycles. The minimum absolute atomic E-state index is 0. The molecule has 0 aliphatic heterocycles. The van der Waals surface area contributed by atoms with Crippen LogP contribution >= 0.6 is 0 Å². The maximum Gasteiger partial charge on any atom is 0.418 e. The van der Waals surface area contributed by atoms with Crippen LogP contribution in [0.2, 0.25) is 0 Å². The zero-order valence-electron chi connectivity index (χ0n) is 15.0. The van der Waals surface area contributed by atoms with Crippen LogP contribution in [-0.2, 0) is 6.18 Å². The SMILES string of the molecule is NC(COc1ccc(C(F)(F)F)c(-c2[nH]nc3ncccc23)n1)c1ccccc1.[HH].[HH].[HH]. The molecule has 9 heteroatoms. The van der Waals surface area contributed by atoms with Crippen molar-refractivity contribution in [3.63, 3.8) is 0 Å². The number of nitrogens with one attached hydrogen (secondary N) is 1. The standard InChI is InChI=1S/C20H16F3N5O.3H2/c21-20(22,23)14-8-9-16(29-11-15(24)12-5-2-1-3-6-12)26-18(14)17-13-7-4-10-25-19(13)28-27-17;;;/h1-10,15H,11,24H2,(H,25,27,28);3*1H. The summed E-state index contributed by atoms with van der Waals surface area (Å²) in [5.41, 5.74) is 6.16. The third-order valence-electron chi connectivity index (χ3n) is 4.38. The van der Waals surface area contributed by atoms with Gasteiger partial charge in [-0.15, -0.1) is 0 Å². The topological polar surface area (TPSA) is 89.7 Å². The molecule has 0 amide bonds. The van der Waals surface area contributed by atoms with Crippen molar-refractivity contribution >= 4 is 11.0 Å². The molecular weight excluding hydrogens is 383 g/mol. The number of aromatic nitrogens is 4. The van der Waals surface area contributed by atoms with Crippen molar-refractivity contribution in [1.82, 2.24) is 20.2 Å². The number of nitrogens with two attached hydrogens (primary N) is 1. The number of halogens is 3. The number of hydrogen-bond donors (Lipinski definition) is 2. The molecule has 3 heterocycles. The molecule has 0 bridgehead atoms. The Balaban J connectivity index is 0.00000171. The summed E-state index contributed by atoms with van der Waals surface area (Å²) in [5.74, 6) is 0.0334. The molecule has 4 rings (SSSR count). The Labute approximate surface area is 168 Å². The van der Waals surface area contributed by atoms with Crippen LogP contribution in [0.15, 0.2) is 60.8 Å². The number of nitrogens with zero attached hydrogens (tertiary/aromatic N) is 3. The smallest absolute Gasteiger partial charge is 0.418 e. The van der Waals surface area contributed by atoms with E-state index in [0.29, 0.717) is 11.0 Å². The van der Waals surface area contributed by atoms with E-state index in [2.05, 4.69) is 20.2 Å². The lowest BCUT2D eigenvalue weighted by Gasteiger charge is -2.15. The lowest BCUT2D eigenvalue weighted by atomic mass is 10.1. The fourth-order valence-corrected chi connectivity index (χ4v) is 2.94. The van der Waals surface area contributed by atoms with E-state index >= 15 is 0 Å². The average Bonchev–Trinajstić information content (AvgIpc) is 3.16. The fraction of sp³-hybridized carbons (Fsp3) is 0.150. The maximum absolute atomic E-state index is 13.6. The molecule has 0 radical (unpaired) electrons. The van der Waals surface area contributed by atoms with Gasteiger partial charge in [0.25, 0.3) is 0 Å². The minimum Gasteiger partial charge on any atom is -0.476 e. The Morgan fingerprint density at radius 2 is 1.86 bits per heavy atom. The normalized spacial score (nSPS) is 12.8. The van der Waals surface area contributed by atoms with Gasteiger partial charge in [0.15, 0.2) is 5.65 Å². The Morgan fingerprint density at radius 3 is 2.62 bits per heavy atom. The second-order valence-corrected chi connectivity index (χ2v) is 6.34. The molecule has 3 N–H and O–H groups in total. The third kappa shape index (κ3) is 3.90. The summed E-state index contributed by atoms with van der Waals surface area (Å²) in [6.45, 7) is 0.0626. The second-order valence-electron chi connectivity index (χ2n) is 6.34. The molecule has 0 aliphatic rings. The van der Waals surface area contributed by atoms with E-state index in [9.17, 15) is 13.2 Å². The summed E-state index contributed by atoms with van der Waals surface area (Å²) in [4.78, 5) is 8.14. The number of benzene rings is 1. The van der Waals surface area contributed by atoms with Crippen LogP contribution in [0.1, 0.15) is 21.4 Å². The van der Waals surface area contributed by atoms with Gasteiger partial charge >= 0.3 is 6.18 Å². The van der Waals surface area contributed by atoms with Gasteiger partial charge in [-0.05, 0) is 23.8 Å².